The lowest BCUT2D eigenvalue weighted by Crippen LogP contribution is -2.57. The highest BCUT2D eigenvalue weighted by molar-refractivity contribution is 7.90. The second kappa shape index (κ2) is 9.16. The van der Waals surface area contributed by atoms with Gasteiger partial charge >= 0.3 is 0 Å². The molecular weight excluding hydrogens is 476 g/mol. The highest BCUT2D eigenvalue weighted by atomic mass is 32.2. The van der Waals surface area contributed by atoms with E-state index in [1.165, 1.54) is 6.26 Å². The fourth-order valence-electron chi connectivity index (χ4n) is 4.70. The molecule has 0 radical (unpaired) electrons. The first-order chi connectivity index (χ1) is 17.1. The minimum Gasteiger partial charge on any atom is -0.496 e. The lowest BCUT2D eigenvalue weighted by atomic mass is 9.90. The molecule has 1 aliphatic rings. The molecule has 5 rings (SSSR count). The molecule has 0 aliphatic carbocycles. The number of pyridine rings is 3. The zero-order chi connectivity index (χ0) is 25.6. The van der Waals surface area contributed by atoms with E-state index in [0.717, 1.165) is 33.5 Å². The number of sulfone groups is 1. The fourth-order valence-corrected chi connectivity index (χ4v) is 5.87. The average molecular weight is 507 g/mol. The molecule has 0 unspecified atom stereocenters. The Morgan fingerprint density at radius 1 is 1.17 bits per heavy atom. The summed E-state index contributed by atoms with van der Waals surface area (Å²) in [4.78, 5) is 16.0. The van der Waals surface area contributed by atoms with E-state index >= 15 is 0 Å². The van der Waals surface area contributed by atoms with Crippen LogP contribution in [-0.2, 0) is 9.84 Å². The zero-order valence-corrected chi connectivity index (χ0v) is 21.9. The Morgan fingerprint density at radius 3 is 2.67 bits per heavy atom. The number of anilines is 1. The smallest absolute Gasteiger partial charge is 0.156 e. The summed E-state index contributed by atoms with van der Waals surface area (Å²) in [6, 6.07) is 8.03. The van der Waals surface area contributed by atoms with E-state index in [4.69, 9.17) is 9.72 Å². The van der Waals surface area contributed by atoms with Crippen molar-refractivity contribution in [2.24, 2.45) is 5.92 Å². The van der Waals surface area contributed by atoms with Crippen molar-refractivity contribution in [1.82, 2.24) is 24.7 Å². The number of nitrogens with zero attached hydrogens (tertiary/aromatic N) is 6. The second-order valence-electron chi connectivity index (χ2n) is 9.77. The fraction of sp³-hybridized carbons (Fsp3) is 0.385. The monoisotopic (exact) mass is 506 g/mol. The van der Waals surface area contributed by atoms with Crippen molar-refractivity contribution >= 4 is 26.4 Å². The van der Waals surface area contributed by atoms with Crippen molar-refractivity contribution in [3.8, 4) is 22.8 Å². The lowest BCUT2D eigenvalue weighted by Gasteiger charge is -2.48. The lowest BCUT2D eigenvalue weighted by molar-refractivity contribution is 0.341. The molecule has 0 amide bonds. The summed E-state index contributed by atoms with van der Waals surface area (Å²) in [5, 5.41) is 5.53. The van der Waals surface area contributed by atoms with Crippen LogP contribution in [0, 0.1) is 5.92 Å². The van der Waals surface area contributed by atoms with Crippen molar-refractivity contribution in [2.45, 2.75) is 32.7 Å². The summed E-state index contributed by atoms with van der Waals surface area (Å²) in [7, 11) is -1.39. The molecule has 0 bridgehead atoms. The number of fused-ring (bicyclic) bond motifs is 1. The van der Waals surface area contributed by atoms with Crippen molar-refractivity contribution < 1.29 is 13.2 Å². The second-order valence-corrected chi connectivity index (χ2v) is 12.0. The number of methoxy groups -OCH3 is 1. The van der Waals surface area contributed by atoms with E-state index < -0.39 is 9.84 Å². The number of rotatable bonds is 7. The first-order valence-corrected chi connectivity index (χ1v) is 14.0. The molecule has 1 fully saturated rings. The van der Waals surface area contributed by atoms with Gasteiger partial charge in [-0.2, -0.15) is 5.10 Å². The maximum absolute atomic E-state index is 11.8. The molecule has 1 aliphatic heterocycles. The molecule has 0 aromatic carbocycles. The quantitative estimate of drug-likeness (QED) is 0.372. The van der Waals surface area contributed by atoms with E-state index in [0.29, 0.717) is 18.1 Å². The highest BCUT2D eigenvalue weighted by Crippen LogP contribution is 2.35. The standard InChI is InChI=1S/C26H30N6O3S/c1-16(2)22-8-20(31-14-19(17(31)3)15-36(5,33)34)9-26(30-22)32-24-10-23(28-11-18(24)12-29-32)21-13-27-7-6-25(21)35-4/h6-13,16-17,19H,14-15H2,1-5H3/t17-,19-/m1/s1. The molecule has 36 heavy (non-hydrogen) atoms. The molecule has 5 heterocycles. The Kier molecular flexibility index (Phi) is 6.15. The Balaban J connectivity index is 1.56. The van der Waals surface area contributed by atoms with Crippen LogP contribution < -0.4 is 9.64 Å². The summed E-state index contributed by atoms with van der Waals surface area (Å²) in [5.41, 5.74) is 4.37. The average Bonchev–Trinajstić information content (AvgIpc) is 3.28. The van der Waals surface area contributed by atoms with Crippen LogP contribution in [0.15, 0.2) is 49.1 Å². The molecule has 0 saturated carbocycles. The van der Waals surface area contributed by atoms with Gasteiger partial charge in [0.1, 0.15) is 15.6 Å². The first kappa shape index (κ1) is 24.2. The van der Waals surface area contributed by atoms with Gasteiger partial charge in [0.15, 0.2) is 5.82 Å². The number of ether oxygens (including phenoxy) is 1. The van der Waals surface area contributed by atoms with Crippen LogP contribution in [0.1, 0.15) is 32.4 Å². The Morgan fingerprint density at radius 2 is 1.97 bits per heavy atom. The number of hydrogen-bond acceptors (Lipinski definition) is 8. The third-order valence-corrected chi connectivity index (χ3v) is 7.84. The van der Waals surface area contributed by atoms with Gasteiger partial charge in [0.2, 0.25) is 0 Å². The van der Waals surface area contributed by atoms with Gasteiger partial charge < -0.3 is 9.64 Å². The number of aromatic nitrogens is 5. The summed E-state index contributed by atoms with van der Waals surface area (Å²) < 4.78 is 31.0. The maximum atomic E-state index is 11.8. The summed E-state index contributed by atoms with van der Waals surface area (Å²) >= 11 is 0. The molecule has 10 heteroatoms. The van der Waals surface area contributed by atoms with Crippen LogP contribution in [0.4, 0.5) is 5.69 Å². The van der Waals surface area contributed by atoms with Gasteiger partial charge in [0, 0.05) is 66.2 Å². The van der Waals surface area contributed by atoms with E-state index in [-0.39, 0.29) is 23.6 Å². The van der Waals surface area contributed by atoms with E-state index in [1.54, 1.807) is 31.9 Å². The maximum Gasteiger partial charge on any atom is 0.156 e. The van der Waals surface area contributed by atoms with Crippen LogP contribution in [0.3, 0.4) is 0 Å². The third kappa shape index (κ3) is 4.53. The van der Waals surface area contributed by atoms with E-state index in [1.807, 2.05) is 22.9 Å². The molecular formula is C26H30N6O3S. The summed E-state index contributed by atoms with van der Waals surface area (Å²) in [5.74, 6) is 1.94. The summed E-state index contributed by atoms with van der Waals surface area (Å²) in [6.45, 7) is 7.00. The van der Waals surface area contributed by atoms with Crippen molar-refractivity contribution in [3.63, 3.8) is 0 Å². The normalized spacial score (nSPS) is 18.0. The first-order valence-electron chi connectivity index (χ1n) is 11.9. The van der Waals surface area contributed by atoms with Crippen LogP contribution >= 0.6 is 0 Å². The molecule has 4 aromatic heterocycles. The minimum absolute atomic E-state index is 0.118. The Hall–Kier alpha value is -3.53. The van der Waals surface area contributed by atoms with Gasteiger partial charge in [-0.3, -0.25) is 9.97 Å². The van der Waals surface area contributed by atoms with Crippen molar-refractivity contribution in [2.75, 3.05) is 30.6 Å². The van der Waals surface area contributed by atoms with Crippen LogP contribution in [0.25, 0.3) is 28.0 Å². The van der Waals surface area contributed by atoms with Gasteiger partial charge in [0.05, 0.1) is 35.8 Å². The highest BCUT2D eigenvalue weighted by Gasteiger charge is 2.38. The van der Waals surface area contributed by atoms with Gasteiger partial charge in [0.25, 0.3) is 0 Å². The molecule has 4 aromatic rings. The number of hydrogen-bond donors (Lipinski definition) is 0. The zero-order valence-electron chi connectivity index (χ0n) is 21.1. The SMILES string of the molecule is COc1ccncc1-c1cc2c(cn1)cnn2-c1cc(N2C[C@H](CS(C)(=O)=O)[C@H]2C)cc(C(C)C)n1. The predicted octanol–water partition coefficient (Wildman–Crippen LogP) is 3.88. The van der Waals surface area contributed by atoms with Gasteiger partial charge in [-0.1, -0.05) is 13.8 Å². The Bertz CT molecular complexity index is 1530. The van der Waals surface area contributed by atoms with Crippen LogP contribution in [0.5, 0.6) is 5.75 Å². The van der Waals surface area contributed by atoms with E-state index in [9.17, 15) is 8.42 Å². The molecule has 0 spiro atoms. The topological polar surface area (TPSA) is 103 Å². The molecule has 2 atom stereocenters. The van der Waals surface area contributed by atoms with Crippen LogP contribution in [0.2, 0.25) is 0 Å². The van der Waals surface area contributed by atoms with Crippen molar-refractivity contribution in [1.29, 1.82) is 0 Å². The van der Waals surface area contributed by atoms with Crippen molar-refractivity contribution in [3.05, 3.63) is 54.7 Å². The van der Waals surface area contributed by atoms with Gasteiger partial charge in [-0.15, -0.1) is 0 Å². The molecule has 9 nitrogen and oxygen atoms in total. The third-order valence-electron chi connectivity index (χ3n) is 6.81. The largest absolute Gasteiger partial charge is 0.496 e. The van der Waals surface area contributed by atoms with E-state index in [2.05, 4.69) is 46.8 Å². The van der Waals surface area contributed by atoms with Gasteiger partial charge in [-0.05, 0) is 31.0 Å². The van der Waals surface area contributed by atoms with Crippen LogP contribution in [-0.4, -0.2) is 64.9 Å². The molecule has 188 valence electrons. The van der Waals surface area contributed by atoms with Gasteiger partial charge in [-0.25, -0.2) is 18.1 Å². The summed E-state index contributed by atoms with van der Waals surface area (Å²) in [6.07, 6.45) is 8.30. The Labute approximate surface area is 211 Å². The molecule has 1 saturated heterocycles. The minimum atomic E-state index is -3.02. The molecule has 0 N–H and O–H groups in total. The predicted molar refractivity (Wildman–Crippen MR) is 141 cm³/mol.